The molecule has 0 spiro atoms. The Morgan fingerprint density at radius 2 is 2.15 bits per heavy atom. The molecule has 0 saturated heterocycles. The number of rotatable bonds is 7. The van der Waals surface area contributed by atoms with Gasteiger partial charge in [0.1, 0.15) is 11.6 Å². The predicted octanol–water partition coefficient (Wildman–Crippen LogP) is 2.36. The Balaban J connectivity index is 2.65. The summed E-state index contributed by atoms with van der Waals surface area (Å²) < 4.78 is 18.7. The van der Waals surface area contributed by atoms with E-state index in [4.69, 9.17) is 10.5 Å². The monoisotopic (exact) mass is 282 g/mol. The first-order valence-electron chi connectivity index (χ1n) is 6.93. The number of ether oxygens (including phenoxy) is 1. The Labute approximate surface area is 119 Å². The van der Waals surface area contributed by atoms with Gasteiger partial charge in [0.05, 0.1) is 0 Å². The summed E-state index contributed by atoms with van der Waals surface area (Å²) in [6.45, 7) is 5.84. The molecule has 0 fully saturated rings. The van der Waals surface area contributed by atoms with Crippen molar-refractivity contribution in [3.8, 4) is 5.75 Å². The van der Waals surface area contributed by atoms with Gasteiger partial charge in [-0.3, -0.25) is 4.79 Å². The van der Waals surface area contributed by atoms with Crippen molar-refractivity contribution in [2.24, 2.45) is 5.73 Å². The number of hydrogen-bond acceptors (Lipinski definition) is 3. The van der Waals surface area contributed by atoms with Crippen LogP contribution < -0.4 is 15.8 Å². The normalized spacial score (nSPS) is 13.7. The minimum Gasteiger partial charge on any atom is -0.481 e. The molecule has 2 unspecified atom stereocenters. The molecule has 0 aliphatic rings. The molecule has 3 N–H and O–H groups in total. The highest BCUT2D eigenvalue weighted by molar-refractivity contribution is 5.81. The Hall–Kier alpha value is -1.62. The molecule has 0 aromatic heterocycles. The van der Waals surface area contributed by atoms with Crippen molar-refractivity contribution in [1.29, 1.82) is 0 Å². The molecule has 4 nitrogen and oxygen atoms in total. The highest BCUT2D eigenvalue weighted by Gasteiger charge is 2.17. The number of nitrogens with one attached hydrogen (secondary N) is 1. The summed E-state index contributed by atoms with van der Waals surface area (Å²) in [5.41, 5.74) is 6.09. The number of benzene rings is 1. The van der Waals surface area contributed by atoms with Gasteiger partial charge in [0.15, 0.2) is 6.10 Å². The first kappa shape index (κ1) is 16.4. The number of hydrogen-bond donors (Lipinski definition) is 2. The molecule has 112 valence electrons. The van der Waals surface area contributed by atoms with Crippen LogP contribution in [0.1, 0.15) is 39.2 Å². The van der Waals surface area contributed by atoms with Crippen molar-refractivity contribution < 1.29 is 13.9 Å². The van der Waals surface area contributed by atoms with E-state index >= 15 is 0 Å². The minimum atomic E-state index is -0.648. The zero-order valence-electron chi connectivity index (χ0n) is 12.3. The fourth-order valence-electron chi connectivity index (χ4n) is 1.93. The lowest BCUT2D eigenvalue weighted by atomic mass is 10.2. The van der Waals surface area contributed by atoms with Gasteiger partial charge in [-0.05, 0) is 38.5 Å². The molecule has 2 atom stereocenters. The lowest BCUT2D eigenvalue weighted by Crippen LogP contribution is -2.41. The van der Waals surface area contributed by atoms with Gasteiger partial charge in [-0.25, -0.2) is 4.39 Å². The lowest BCUT2D eigenvalue weighted by molar-refractivity contribution is -0.127. The van der Waals surface area contributed by atoms with E-state index in [2.05, 4.69) is 12.2 Å². The summed E-state index contributed by atoms with van der Waals surface area (Å²) in [6.07, 6.45) is 1.28. The summed E-state index contributed by atoms with van der Waals surface area (Å²) in [6, 6.07) is 4.22. The Morgan fingerprint density at radius 3 is 2.75 bits per heavy atom. The first-order valence-corrected chi connectivity index (χ1v) is 6.93. The van der Waals surface area contributed by atoms with Crippen LogP contribution in [0.5, 0.6) is 5.75 Å². The number of halogens is 1. The zero-order chi connectivity index (χ0) is 15.1. The number of carbonyl (C=O) groups excluding carboxylic acids is 1. The van der Waals surface area contributed by atoms with Gasteiger partial charge in [-0.15, -0.1) is 0 Å². The minimum absolute atomic E-state index is 0.112. The van der Waals surface area contributed by atoms with Crippen molar-refractivity contribution >= 4 is 5.91 Å². The maximum absolute atomic E-state index is 13.1. The van der Waals surface area contributed by atoms with Crippen LogP contribution in [0.4, 0.5) is 4.39 Å². The van der Waals surface area contributed by atoms with E-state index in [1.165, 1.54) is 18.2 Å². The van der Waals surface area contributed by atoms with Gasteiger partial charge in [-0.2, -0.15) is 0 Å². The van der Waals surface area contributed by atoms with E-state index in [1.807, 2.05) is 6.92 Å². The van der Waals surface area contributed by atoms with Crippen LogP contribution in [0.3, 0.4) is 0 Å². The Bertz CT molecular complexity index is 451. The number of nitrogens with two attached hydrogens (primary N) is 1. The maximum atomic E-state index is 13.1. The second kappa shape index (κ2) is 7.85. The summed E-state index contributed by atoms with van der Waals surface area (Å²) in [4.78, 5) is 12.0. The molecular formula is C15H23FN2O2. The molecule has 5 heteroatoms. The molecule has 1 aromatic carbocycles. The van der Waals surface area contributed by atoms with Crippen LogP contribution in [0, 0.1) is 5.82 Å². The van der Waals surface area contributed by atoms with E-state index in [1.54, 1.807) is 6.92 Å². The second-order valence-corrected chi connectivity index (χ2v) is 4.91. The summed E-state index contributed by atoms with van der Waals surface area (Å²) in [5.74, 6) is -0.107. The van der Waals surface area contributed by atoms with Crippen molar-refractivity contribution in [3.63, 3.8) is 0 Å². The van der Waals surface area contributed by atoms with E-state index in [-0.39, 0.29) is 24.3 Å². The van der Waals surface area contributed by atoms with Crippen molar-refractivity contribution in [2.45, 2.75) is 52.3 Å². The van der Waals surface area contributed by atoms with Gasteiger partial charge in [0.2, 0.25) is 0 Å². The van der Waals surface area contributed by atoms with Crippen LogP contribution >= 0.6 is 0 Å². The highest BCUT2D eigenvalue weighted by Crippen LogP contribution is 2.20. The molecule has 0 radical (unpaired) electrons. The predicted molar refractivity (Wildman–Crippen MR) is 76.9 cm³/mol. The summed E-state index contributed by atoms with van der Waals surface area (Å²) >= 11 is 0. The SMILES string of the molecule is CCCC(C)NC(=O)C(C)Oc1ccc(F)cc1CN. The Kier molecular flexibility index (Phi) is 6.45. The number of amides is 1. The molecule has 0 bridgehead atoms. The summed E-state index contributed by atoms with van der Waals surface area (Å²) in [5, 5.41) is 2.88. The third kappa shape index (κ3) is 4.81. The van der Waals surface area contributed by atoms with Crippen LogP contribution in [-0.4, -0.2) is 18.1 Å². The summed E-state index contributed by atoms with van der Waals surface area (Å²) in [7, 11) is 0. The van der Waals surface area contributed by atoms with Crippen LogP contribution in [0.25, 0.3) is 0 Å². The molecule has 1 aromatic rings. The molecule has 1 rings (SSSR count). The molecule has 0 aliphatic carbocycles. The van der Waals surface area contributed by atoms with Crippen molar-refractivity contribution in [1.82, 2.24) is 5.32 Å². The molecule has 0 aliphatic heterocycles. The standard InChI is InChI=1S/C15H23FN2O2/c1-4-5-10(2)18-15(19)11(3)20-14-7-6-13(16)8-12(14)9-17/h6-8,10-11H,4-5,9,17H2,1-3H3,(H,18,19). The van der Waals surface area contributed by atoms with E-state index in [0.29, 0.717) is 11.3 Å². The highest BCUT2D eigenvalue weighted by atomic mass is 19.1. The average Bonchev–Trinajstić information content (AvgIpc) is 2.40. The topological polar surface area (TPSA) is 64.3 Å². The molecule has 0 heterocycles. The van der Waals surface area contributed by atoms with Gasteiger partial charge in [0, 0.05) is 18.2 Å². The van der Waals surface area contributed by atoms with Gasteiger partial charge in [-0.1, -0.05) is 13.3 Å². The smallest absolute Gasteiger partial charge is 0.260 e. The molecule has 20 heavy (non-hydrogen) atoms. The van der Waals surface area contributed by atoms with Crippen molar-refractivity contribution in [3.05, 3.63) is 29.6 Å². The van der Waals surface area contributed by atoms with E-state index < -0.39 is 6.10 Å². The van der Waals surface area contributed by atoms with Crippen LogP contribution in [-0.2, 0) is 11.3 Å². The first-order chi connectivity index (χ1) is 9.47. The molecule has 0 saturated carbocycles. The van der Waals surface area contributed by atoms with E-state index in [0.717, 1.165) is 12.8 Å². The van der Waals surface area contributed by atoms with Crippen molar-refractivity contribution in [2.75, 3.05) is 0 Å². The third-order valence-electron chi connectivity index (χ3n) is 3.03. The Morgan fingerprint density at radius 1 is 1.45 bits per heavy atom. The molecule has 1 amide bonds. The number of carbonyl (C=O) groups is 1. The fraction of sp³-hybridized carbons (Fsp3) is 0.533. The zero-order valence-corrected chi connectivity index (χ0v) is 12.3. The van der Waals surface area contributed by atoms with Crippen LogP contribution in [0.15, 0.2) is 18.2 Å². The largest absolute Gasteiger partial charge is 0.481 e. The van der Waals surface area contributed by atoms with E-state index in [9.17, 15) is 9.18 Å². The maximum Gasteiger partial charge on any atom is 0.260 e. The van der Waals surface area contributed by atoms with Gasteiger partial charge in [0.25, 0.3) is 5.91 Å². The average molecular weight is 282 g/mol. The third-order valence-corrected chi connectivity index (χ3v) is 3.03. The van der Waals surface area contributed by atoms with Gasteiger partial charge >= 0.3 is 0 Å². The fourth-order valence-corrected chi connectivity index (χ4v) is 1.93. The quantitative estimate of drug-likeness (QED) is 0.807. The lowest BCUT2D eigenvalue weighted by Gasteiger charge is -2.19. The molecular weight excluding hydrogens is 259 g/mol. The second-order valence-electron chi connectivity index (χ2n) is 4.91. The van der Waals surface area contributed by atoms with Gasteiger partial charge < -0.3 is 15.8 Å². The van der Waals surface area contributed by atoms with Crippen LogP contribution in [0.2, 0.25) is 0 Å².